The van der Waals surface area contributed by atoms with E-state index in [1.54, 1.807) is 0 Å². The Hall–Kier alpha value is -0.0800. The molecule has 0 amide bonds. The number of nitrogens with two attached hydrogens (primary N) is 1. The molecule has 2 heteroatoms. The minimum Gasteiger partial charge on any atom is -0.326 e. The standard InChI is InChI=1S/C15H32N2/c1-4-7-8-11-14(16)15(12-9-10-13-15)17(5-2)6-3/h14H,4-13,16H2,1-3H3. The van der Waals surface area contributed by atoms with Crippen molar-refractivity contribution < 1.29 is 0 Å². The maximum absolute atomic E-state index is 6.57. The molecule has 1 rings (SSSR count). The van der Waals surface area contributed by atoms with Crippen LogP contribution in [0.15, 0.2) is 0 Å². The van der Waals surface area contributed by atoms with Crippen molar-refractivity contribution in [2.24, 2.45) is 5.73 Å². The van der Waals surface area contributed by atoms with E-state index >= 15 is 0 Å². The first-order valence-corrected chi connectivity index (χ1v) is 7.71. The second-order valence-electron chi connectivity index (χ2n) is 5.59. The van der Waals surface area contributed by atoms with Crippen molar-refractivity contribution in [3.05, 3.63) is 0 Å². The SMILES string of the molecule is CCCCCC(N)C1(N(CC)CC)CCCC1. The minimum atomic E-state index is 0.331. The lowest BCUT2D eigenvalue weighted by molar-refractivity contribution is 0.0732. The predicted octanol–water partition coefficient (Wildman–Crippen LogP) is 3.55. The smallest absolute Gasteiger partial charge is 0.0360 e. The Morgan fingerprint density at radius 2 is 1.65 bits per heavy atom. The van der Waals surface area contributed by atoms with Crippen molar-refractivity contribution in [3.8, 4) is 0 Å². The van der Waals surface area contributed by atoms with Crippen LogP contribution in [-0.2, 0) is 0 Å². The Bertz CT molecular complexity index is 193. The second kappa shape index (κ2) is 7.38. The van der Waals surface area contributed by atoms with Crippen molar-refractivity contribution >= 4 is 0 Å². The number of hydrogen-bond donors (Lipinski definition) is 1. The van der Waals surface area contributed by atoms with E-state index in [1.165, 1.54) is 51.4 Å². The van der Waals surface area contributed by atoms with Gasteiger partial charge in [0, 0.05) is 11.6 Å². The third-order valence-corrected chi connectivity index (χ3v) is 4.67. The van der Waals surface area contributed by atoms with E-state index < -0.39 is 0 Å². The first-order chi connectivity index (χ1) is 8.21. The molecular formula is C15H32N2. The largest absolute Gasteiger partial charge is 0.326 e. The average Bonchev–Trinajstić information content (AvgIpc) is 2.81. The van der Waals surface area contributed by atoms with E-state index in [0.29, 0.717) is 11.6 Å². The highest BCUT2D eigenvalue weighted by Crippen LogP contribution is 2.38. The molecule has 2 nitrogen and oxygen atoms in total. The third-order valence-electron chi connectivity index (χ3n) is 4.67. The molecule has 0 spiro atoms. The monoisotopic (exact) mass is 240 g/mol. The molecule has 0 saturated heterocycles. The lowest BCUT2D eigenvalue weighted by atomic mass is 9.83. The van der Waals surface area contributed by atoms with E-state index in [4.69, 9.17) is 5.73 Å². The van der Waals surface area contributed by atoms with E-state index in [1.807, 2.05) is 0 Å². The van der Waals surface area contributed by atoms with Crippen molar-refractivity contribution in [1.82, 2.24) is 4.90 Å². The summed E-state index contributed by atoms with van der Waals surface area (Å²) in [4.78, 5) is 2.64. The van der Waals surface area contributed by atoms with Crippen LogP contribution in [0.4, 0.5) is 0 Å². The molecule has 0 aromatic carbocycles. The molecule has 1 aliphatic rings. The summed E-state index contributed by atoms with van der Waals surface area (Å²) >= 11 is 0. The lowest BCUT2D eigenvalue weighted by Crippen LogP contribution is -2.58. The first kappa shape index (κ1) is 15.0. The summed E-state index contributed by atoms with van der Waals surface area (Å²) in [6.45, 7) is 9.13. The average molecular weight is 240 g/mol. The zero-order chi connectivity index (χ0) is 12.7. The molecule has 0 aromatic rings. The van der Waals surface area contributed by atoms with Gasteiger partial charge in [0.25, 0.3) is 0 Å². The van der Waals surface area contributed by atoms with Gasteiger partial charge in [-0.25, -0.2) is 0 Å². The molecule has 0 bridgehead atoms. The zero-order valence-corrected chi connectivity index (χ0v) is 12.2. The van der Waals surface area contributed by atoms with Crippen LogP contribution in [0.3, 0.4) is 0 Å². The van der Waals surface area contributed by atoms with Crippen LogP contribution in [0.5, 0.6) is 0 Å². The number of likely N-dealkylation sites (N-methyl/N-ethyl adjacent to an activating group) is 1. The number of unbranched alkanes of at least 4 members (excludes halogenated alkanes) is 2. The topological polar surface area (TPSA) is 29.3 Å². The molecule has 1 atom stereocenters. The van der Waals surface area contributed by atoms with Crippen molar-refractivity contribution in [1.29, 1.82) is 0 Å². The summed E-state index contributed by atoms with van der Waals surface area (Å²) < 4.78 is 0. The molecule has 2 N–H and O–H groups in total. The van der Waals surface area contributed by atoms with Crippen LogP contribution >= 0.6 is 0 Å². The molecule has 1 fully saturated rings. The van der Waals surface area contributed by atoms with Crippen LogP contribution in [0.2, 0.25) is 0 Å². The lowest BCUT2D eigenvalue weighted by Gasteiger charge is -2.45. The van der Waals surface area contributed by atoms with Gasteiger partial charge in [-0.05, 0) is 32.4 Å². The van der Waals surface area contributed by atoms with E-state index in [-0.39, 0.29) is 0 Å². The van der Waals surface area contributed by atoms with Gasteiger partial charge in [0.15, 0.2) is 0 Å². The summed E-state index contributed by atoms with van der Waals surface area (Å²) in [6.07, 6.45) is 10.5. The molecule has 0 radical (unpaired) electrons. The highest BCUT2D eigenvalue weighted by Gasteiger charge is 2.42. The van der Waals surface area contributed by atoms with Gasteiger partial charge in [-0.3, -0.25) is 4.90 Å². The fraction of sp³-hybridized carbons (Fsp3) is 1.00. The number of rotatable bonds is 8. The first-order valence-electron chi connectivity index (χ1n) is 7.71. The Morgan fingerprint density at radius 1 is 1.06 bits per heavy atom. The molecular weight excluding hydrogens is 208 g/mol. The van der Waals surface area contributed by atoms with Crippen LogP contribution in [0.1, 0.15) is 72.1 Å². The van der Waals surface area contributed by atoms with Crippen LogP contribution in [0.25, 0.3) is 0 Å². The van der Waals surface area contributed by atoms with Crippen molar-refractivity contribution in [3.63, 3.8) is 0 Å². The molecule has 1 saturated carbocycles. The predicted molar refractivity (Wildman–Crippen MR) is 76.2 cm³/mol. The summed E-state index contributed by atoms with van der Waals surface area (Å²) in [6, 6.07) is 0.386. The van der Waals surface area contributed by atoms with Crippen molar-refractivity contribution in [2.75, 3.05) is 13.1 Å². The third kappa shape index (κ3) is 3.45. The van der Waals surface area contributed by atoms with Crippen LogP contribution < -0.4 is 5.73 Å². The van der Waals surface area contributed by atoms with Gasteiger partial charge >= 0.3 is 0 Å². The molecule has 0 aliphatic heterocycles. The van der Waals surface area contributed by atoms with Gasteiger partial charge in [-0.15, -0.1) is 0 Å². The van der Waals surface area contributed by atoms with Crippen LogP contribution in [0, 0.1) is 0 Å². The van der Waals surface area contributed by atoms with Crippen LogP contribution in [-0.4, -0.2) is 29.6 Å². The number of nitrogens with zero attached hydrogens (tertiary/aromatic N) is 1. The molecule has 0 heterocycles. The van der Waals surface area contributed by atoms with Crippen molar-refractivity contribution in [2.45, 2.75) is 83.7 Å². The second-order valence-corrected chi connectivity index (χ2v) is 5.59. The molecule has 102 valence electrons. The highest BCUT2D eigenvalue weighted by atomic mass is 15.2. The molecule has 0 aromatic heterocycles. The minimum absolute atomic E-state index is 0.331. The Balaban J connectivity index is 2.62. The Labute approximate surface area is 108 Å². The Kier molecular flexibility index (Phi) is 6.50. The van der Waals surface area contributed by atoms with E-state index in [0.717, 1.165) is 13.1 Å². The summed E-state index contributed by atoms with van der Waals surface area (Å²) in [5, 5.41) is 0. The van der Waals surface area contributed by atoms with Gasteiger partial charge in [0.1, 0.15) is 0 Å². The van der Waals surface area contributed by atoms with E-state index in [2.05, 4.69) is 25.7 Å². The molecule has 1 aliphatic carbocycles. The molecule has 17 heavy (non-hydrogen) atoms. The van der Waals surface area contributed by atoms with Gasteiger partial charge in [0.2, 0.25) is 0 Å². The summed E-state index contributed by atoms with van der Waals surface area (Å²) in [5.41, 5.74) is 6.90. The fourth-order valence-corrected chi connectivity index (χ4v) is 3.65. The fourth-order valence-electron chi connectivity index (χ4n) is 3.65. The highest BCUT2D eigenvalue weighted by molar-refractivity contribution is 5.01. The van der Waals surface area contributed by atoms with Gasteiger partial charge in [0.05, 0.1) is 0 Å². The normalized spacial score (nSPS) is 21.0. The van der Waals surface area contributed by atoms with E-state index in [9.17, 15) is 0 Å². The Morgan fingerprint density at radius 3 is 2.12 bits per heavy atom. The summed E-state index contributed by atoms with van der Waals surface area (Å²) in [5.74, 6) is 0. The quantitative estimate of drug-likeness (QED) is 0.657. The van der Waals surface area contributed by atoms with Gasteiger partial charge in [-0.1, -0.05) is 52.9 Å². The maximum Gasteiger partial charge on any atom is 0.0360 e. The van der Waals surface area contributed by atoms with Gasteiger partial charge < -0.3 is 5.73 Å². The summed E-state index contributed by atoms with van der Waals surface area (Å²) in [7, 11) is 0. The zero-order valence-electron chi connectivity index (χ0n) is 12.2. The number of hydrogen-bond acceptors (Lipinski definition) is 2. The molecule has 1 unspecified atom stereocenters. The maximum atomic E-state index is 6.57. The van der Waals surface area contributed by atoms with Gasteiger partial charge in [-0.2, -0.15) is 0 Å².